The standard InChI is InChI=1S/C22H24BrN7O6/c23-16-2-1-3-17(12-16)28-22-18-13-20(30(31)32)21(14-19(18)25-15-26-22)36-11-10-35-9-8-34-7-6-33-5-4-27-29-24/h1-3,12-15H,4-11H2,(H,25,26,28). The molecule has 13 nitrogen and oxygen atoms in total. The van der Waals surface area contributed by atoms with Crippen molar-refractivity contribution in [2.75, 3.05) is 58.1 Å². The molecule has 0 aliphatic rings. The Labute approximate surface area is 214 Å². The summed E-state index contributed by atoms with van der Waals surface area (Å²) in [5, 5.41) is 18.7. The predicted molar refractivity (Wildman–Crippen MR) is 136 cm³/mol. The summed E-state index contributed by atoms with van der Waals surface area (Å²) >= 11 is 3.42. The van der Waals surface area contributed by atoms with Crippen LogP contribution in [0.25, 0.3) is 21.3 Å². The lowest BCUT2D eigenvalue weighted by Crippen LogP contribution is -2.13. The molecule has 3 aromatic rings. The minimum Gasteiger partial charge on any atom is -0.484 e. The molecule has 2 aromatic carbocycles. The average molecular weight is 562 g/mol. The van der Waals surface area contributed by atoms with Gasteiger partial charge in [0.1, 0.15) is 18.8 Å². The molecule has 0 aliphatic carbocycles. The van der Waals surface area contributed by atoms with Gasteiger partial charge in [0.25, 0.3) is 0 Å². The highest BCUT2D eigenvalue weighted by atomic mass is 79.9. The molecule has 0 amide bonds. The molecule has 0 aliphatic heterocycles. The summed E-state index contributed by atoms with van der Waals surface area (Å²) in [5.41, 5.74) is 9.22. The van der Waals surface area contributed by atoms with Gasteiger partial charge < -0.3 is 24.3 Å². The Balaban J connectivity index is 1.49. The minimum absolute atomic E-state index is 0.0948. The van der Waals surface area contributed by atoms with E-state index in [2.05, 4.69) is 41.2 Å². The van der Waals surface area contributed by atoms with Gasteiger partial charge in [0.05, 0.1) is 55.5 Å². The Kier molecular flexibility index (Phi) is 11.1. The van der Waals surface area contributed by atoms with Crippen LogP contribution in [0.4, 0.5) is 17.2 Å². The second kappa shape index (κ2) is 14.8. The van der Waals surface area contributed by atoms with Crippen LogP contribution in [-0.2, 0) is 14.2 Å². The van der Waals surface area contributed by atoms with Crippen LogP contribution < -0.4 is 10.1 Å². The van der Waals surface area contributed by atoms with E-state index >= 15 is 0 Å². The summed E-state index contributed by atoms with van der Waals surface area (Å²) in [6.45, 7) is 2.44. The van der Waals surface area contributed by atoms with Crippen molar-refractivity contribution >= 4 is 44.0 Å². The van der Waals surface area contributed by atoms with Gasteiger partial charge >= 0.3 is 5.69 Å². The van der Waals surface area contributed by atoms with E-state index < -0.39 is 4.92 Å². The molecule has 0 spiro atoms. The number of anilines is 2. The molecule has 190 valence electrons. The molecule has 1 N–H and O–H groups in total. The Morgan fingerprint density at radius 1 is 1.03 bits per heavy atom. The molecule has 3 rings (SSSR count). The Morgan fingerprint density at radius 2 is 1.75 bits per heavy atom. The number of azide groups is 1. The van der Waals surface area contributed by atoms with E-state index in [1.165, 1.54) is 18.5 Å². The molecular weight excluding hydrogens is 538 g/mol. The van der Waals surface area contributed by atoms with E-state index in [1.807, 2.05) is 24.3 Å². The zero-order valence-corrected chi connectivity index (χ0v) is 20.8. The van der Waals surface area contributed by atoms with Crippen LogP contribution in [-0.4, -0.2) is 67.7 Å². The molecule has 1 aromatic heterocycles. The molecule has 0 atom stereocenters. The van der Waals surface area contributed by atoms with Gasteiger partial charge in [-0.3, -0.25) is 10.1 Å². The molecule has 14 heteroatoms. The lowest BCUT2D eigenvalue weighted by molar-refractivity contribution is -0.385. The summed E-state index contributed by atoms with van der Waals surface area (Å²) < 4.78 is 22.5. The predicted octanol–water partition coefficient (Wildman–Crippen LogP) is 4.78. The topological polar surface area (TPSA) is 167 Å². The summed E-state index contributed by atoms with van der Waals surface area (Å²) in [6.07, 6.45) is 1.38. The monoisotopic (exact) mass is 561 g/mol. The third-order valence-corrected chi connectivity index (χ3v) is 5.12. The van der Waals surface area contributed by atoms with Gasteiger partial charge in [-0.05, 0) is 23.7 Å². The minimum atomic E-state index is -0.506. The summed E-state index contributed by atoms with van der Waals surface area (Å²) in [7, 11) is 0. The van der Waals surface area contributed by atoms with Crippen LogP contribution in [0, 0.1) is 10.1 Å². The summed E-state index contributed by atoms with van der Waals surface area (Å²) in [6, 6.07) is 10.4. The van der Waals surface area contributed by atoms with Crippen molar-refractivity contribution in [3.05, 3.63) is 67.8 Å². The Morgan fingerprint density at radius 3 is 2.44 bits per heavy atom. The number of hydrogen-bond donors (Lipinski definition) is 1. The number of hydrogen-bond acceptors (Lipinski definition) is 10. The number of nitrogens with one attached hydrogen (secondary N) is 1. The van der Waals surface area contributed by atoms with Crippen molar-refractivity contribution in [2.24, 2.45) is 5.11 Å². The van der Waals surface area contributed by atoms with Gasteiger partial charge in [0.15, 0.2) is 5.75 Å². The molecule has 36 heavy (non-hydrogen) atoms. The van der Waals surface area contributed by atoms with Crippen LogP contribution >= 0.6 is 15.9 Å². The number of ether oxygens (including phenoxy) is 4. The Hall–Kier alpha value is -3.55. The van der Waals surface area contributed by atoms with Crippen LogP contribution in [0.1, 0.15) is 0 Å². The zero-order valence-electron chi connectivity index (χ0n) is 19.2. The Bertz CT molecular complexity index is 1210. The number of nitro benzene ring substituents is 1. The van der Waals surface area contributed by atoms with E-state index in [1.54, 1.807) is 0 Å². The summed E-state index contributed by atoms with van der Waals surface area (Å²) in [5.74, 6) is 0.537. The molecular formula is C22H24BrN7O6. The highest BCUT2D eigenvalue weighted by molar-refractivity contribution is 9.10. The van der Waals surface area contributed by atoms with E-state index in [4.69, 9.17) is 24.5 Å². The molecule has 0 unspecified atom stereocenters. The van der Waals surface area contributed by atoms with Crippen LogP contribution in [0.15, 0.2) is 52.3 Å². The third kappa shape index (κ3) is 8.59. The maximum absolute atomic E-state index is 11.7. The van der Waals surface area contributed by atoms with Crippen LogP contribution in [0.5, 0.6) is 5.75 Å². The van der Waals surface area contributed by atoms with E-state index in [-0.39, 0.29) is 31.2 Å². The van der Waals surface area contributed by atoms with Gasteiger partial charge in [0.2, 0.25) is 0 Å². The first kappa shape index (κ1) is 27.0. The normalized spacial score (nSPS) is 10.7. The quantitative estimate of drug-likeness (QED) is 0.0645. The lowest BCUT2D eigenvalue weighted by Gasteiger charge is -2.11. The largest absolute Gasteiger partial charge is 0.484 e. The van der Waals surface area contributed by atoms with Crippen LogP contribution in [0.2, 0.25) is 0 Å². The highest BCUT2D eigenvalue weighted by Gasteiger charge is 2.19. The lowest BCUT2D eigenvalue weighted by atomic mass is 10.2. The third-order valence-electron chi connectivity index (χ3n) is 4.63. The maximum atomic E-state index is 11.7. The second-order valence-corrected chi connectivity index (χ2v) is 8.01. The second-order valence-electron chi connectivity index (χ2n) is 7.09. The SMILES string of the molecule is [N-]=[N+]=NCCOCCOCCOCCOc1cc2ncnc(Nc3cccc(Br)c3)c2cc1[N+](=O)[O-]. The number of halogens is 1. The molecule has 0 saturated carbocycles. The van der Waals surface area contributed by atoms with Gasteiger partial charge in [-0.2, -0.15) is 0 Å². The highest BCUT2D eigenvalue weighted by Crippen LogP contribution is 2.34. The maximum Gasteiger partial charge on any atom is 0.311 e. The molecule has 0 fully saturated rings. The fourth-order valence-corrected chi connectivity index (χ4v) is 3.44. The smallest absolute Gasteiger partial charge is 0.311 e. The van der Waals surface area contributed by atoms with Crippen molar-refractivity contribution in [1.29, 1.82) is 0 Å². The first-order valence-corrected chi connectivity index (χ1v) is 11.7. The van der Waals surface area contributed by atoms with Crippen LogP contribution in [0.3, 0.4) is 0 Å². The molecule has 0 bridgehead atoms. The first-order chi connectivity index (χ1) is 17.6. The molecule has 1 heterocycles. The number of nitrogens with zero attached hydrogens (tertiary/aromatic N) is 6. The number of nitro groups is 1. The summed E-state index contributed by atoms with van der Waals surface area (Å²) in [4.78, 5) is 22.3. The van der Waals surface area contributed by atoms with E-state index in [9.17, 15) is 10.1 Å². The van der Waals surface area contributed by atoms with Gasteiger partial charge in [0, 0.05) is 33.7 Å². The number of rotatable bonds is 16. The van der Waals surface area contributed by atoms with E-state index in [0.29, 0.717) is 49.8 Å². The zero-order chi connectivity index (χ0) is 25.6. The van der Waals surface area contributed by atoms with Crippen molar-refractivity contribution in [3.63, 3.8) is 0 Å². The van der Waals surface area contributed by atoms with E-state index in [0.717, 1.165) is 10.2 Å². The fourth-order valence-electron chi connectivity index (χ4n) is 3.04. The molecule has 0 radical (unpaired) electrons. The van der Waals surface area contributed by atoms with Crippen molar-refractivity contribution in [1.82, 2.24) is 9.97 Å². The van der Waals surface area contributed by atoms with Crippen molar-refractivity contribution < 1.29 is 23.9 Å². The number of aromatic nitrogens is 2. The van der Waals surface area contributed by atoms with Gasteiger partial charge in [-0.1, -0.05) is 27.1 Å². The first-order valence-electron chi connectivity index (χ1n) is 10.9. The van der Waals surface area contributed by atoms with Crippen molar-refractivity contribution in [3.8, 4) is 5.75 Å². The van der Waals surface area contributed by atoms with Gasteiger partial charge in [-0.15, -0.1) is 0 Å². The fraction of sp³-hybridized carbons (Fsp3) is 0.364. The molecule has 0 saturated heterocycles. The average Bonchev–Trinajstić information content (AvgIpc) is 2.86. The van der Waals surface area contributed by atoms with Crippen molar-refractivity contribution in [2.45, 2.75) is 0 Å². The number of fused-ring (bicyclic) bond motifs is 1. The number of benzene rings is 2. The van der Waals surface area contributed by atoms with Gasteiger partial charge in [-0.25, -0.2) is 9.97 Å².